The lowest BCUT2D eigenvalue weighted by atomic mass is 9.94. The predicted molar refractivity (Wildman–Crippen MR) is 99.6 cm³/mol. The van der Waals surface area contributed by atoms with Crippen LogP contribution in [0.15, 0.2) is 41.2 Å². The number of benzene rings is 1. The quantitative estimate of drug-likeness (QED) is 0.841. The molecule has 0 saturated carbocycles. The van der Waals surface area contributed by atoms with Gasteiger partial charge in [-0.05, 0) is 36.0 Å². The average molecular weight is 341 g/mol. The summed E-state index contributed by atoms with van der Waals surface area (Å²) in [5.41, 5.74) is 2.40. The van der Waals surface area contributed by atoms with Crippen LogP contribution < -0.4 is 10.9 Å². The molecule has 0 saturated heterocycles. The Labute approximate surface area is 149 Å². The molecular formula is C20H27N3O2. The molecule has 0 aliphatic rings. The molecule has 1 aromatic carbocycles. The fraction of sp³-hybridized carbons (Fsp3) is 0.450. The van der Waals surface area contributed by atoms with Crippen LogP contribution in [0.5, 0.6) is 0 Å². The van der Waals surface area contributed by atoms with Crippen molar-refractivity contribution in [3.05, 3.63) is 63.6 Å². The standard InChI is InChI=1S/C20H27N3O2/c1-5-6-7-15-8-10-16(11-9-15)19(14(2)3)21-20(25)17-12-13-18(24)23(4)22-17/h8-14,19H,5-7H2,1-4H3,(H,21,25). The van der Waals surface area contributed by atoms with Gasteiger partial charge in [-0.1, -0.05) is 51.5 Å². The third kappa shape index (κ3) is 5.02. The van der Waals surface area contributed by atoms with Crippen LogP contribution in [0.3, 0.4) is 0 Å². The van der Waals surface area contributed by atoms with Gasteiger partial charge in [-0.15, -0.1) is 0 Å². The summed E-state index contributed by atoms with van der Waals surface area (Å²) in [6, 6.07) is 11.2. The second-order valence-electron chi connectivity index (χ2n) is 6.72. The van der Waals surface area contributed by atoms with E-state index < -0.39 is 0 Å². The summed E-state index contributed by atoms with van der Waals surface area (Å²) in [5, 5.41) is 7.06. The third-order valence-electron chi connectivity index (χ3n) is 4.30. The second kappa shape index (κ2) is 8.60. The van der Waals surface area contributed by atoms with Crippen LogP contribution in [-0.4, -0.2) is 15.7 Å². The molecule has 1 aromatic heterocycles. The van der Waals surface area contributed by atoms with E-state index in [0.717, 1.165) is 12.0 Å². The molecule has 1 heterocycles. The minimum absolute atomic E-state index is 0.105. The summed E-state index contributed by atoms with van der Waals surface area (Å²) in [4.78, 5) is 23.9. The molecular weight excluding hydrogens is 314 g/mol. The van der Waals surface area contributed by atoms with Crippen molar-refractivity contribution in [1.29, 1.82) is 0 Å². The van der Waals surface area contributed by atoms with E-state index >= 15 is 0 Å². The van der Waals surface area contributed by atoms with Crippen molar-refractivity contribution in [3.8, 4) is 0 Å². The van der Waals surface area contributed by atoms with Gasteiger partial charge in [0.2, 0.25) is 0 Å². The van der Waals surface area contributed by atoms with Crippen molar-refractivity contribution in [2.45, 2.75) is 46.1 Å². The highest BCUT2D eigenvalue weighted by atomic mass is 16.2. The van der Waals surface area contributed by atoms with Crippen LogP contribution in [0, 0.1) is 5.92 Å². The van der Waals surface area contributed by atoms with Gasteiger partial charge in [0.05, 0.1) is 6.04 Å². The minimum Gasteiger partial charge on any atom is -0.344 e. The lowest BCUT2D eigenvalue weighted by Gasteiger charge is -2.23. The van der Waals surface area contributed by atoms with E-state index in [1.54, 1.807) is 0 Å². The average Bonchev–Trinajstić information content (AvgIpc) is 2.60. The zero-order valence-electron chi connectivity index (χ0n) is 15.5. The summed E-state index contributed by atoms with van der Waals surface area (Å²) in [5.74, 6) is -0.0395. The molecule has 1 N–H and O–H groups in total. The molecule has 1 amide bonds. The van der Waals surface area contributed by atoms with Crippen molar-refractivity contribution in [1.82, 2.24) is 15.1 Å². The summed E-state index contributed by atoms with van der Waals surface area (Å²) >= 11 is 0. The fourth-order valence-electron chi connectivity index (χ4n) is 2.75. The highest BCUT2D eigenvalue weighted by Gasteiger charge is 2.20. The Morgan fingerprint density at radius 1 is 1.16 bits per heavy atom. The second-order valence-corrected chi connectivity index (χ2v) is 6.72. The topological polar surface area (TPSA) is 64.0 Å². The van der Waals surface area contributed by atoms with Crippen LogP contribution in [-0.2, 0) is 13.5 Å². The monoisotopic (exact) mass is 341 g/mol. The molecule has 0 bridgehead atoms. The van der Waals surface area contributed by atoms with Gasteiger partial charge in [0.1, 0.15) is 5.69 Å². The molecule has 2 rings (SSSR count). The predicted octanol–water partition coefficient (Wildman–Crippen LogP) is 3.25. The van der Waals surface area contributed by atoms with Crippen LogP contribution in [0.2, 0.25) is 0 Å². The Balaban J connectivity index is 2.16. The van der Waals surface area contributed by atoms with Crippen molar-refractivity contribution >= 4 is 5.91 Å². The smallest absolute Gasteiger partial charge is 0.272 e. The number of aromatic nitrogens is 2. The Bertz CT molecular complexity index is 763. The summed E-state index contributed by atoms with van der Waals surface area (Å²) < 4.78 is 1.17. The summed E-state index contributed by atoms with van der Waals surface area (Å²) in [7, 11) is 1.54. The van der Waals surface area contributed by atoms with E-state index in [1.807, 2.05) is 0 Å². The number of hydrogen-bond donors (Lipinski definition) is 1. The molecule has 1 atom stereocenters. The van der Waals surface area contributed by atoms with E-state index in [2.05, 4.69) is 55.5 Å². The molecule has 0 fully saturated rings. The number of carbonyl (C=O) groups is 1. The van der Waals surface area contributed by atoms with Crippen molar-refractivity contribution in [2.24, 2.45) is 13.0 Å². The summed E-state index contributed by atoms with van der Waals surface area (Å²) in [6.45, 7) is 6.33. The number of aryl methyl sites for hydroxylation is 2. The highest BCUT2D eigenvalue weighted by Crippen LogP contribution is 2.23. The highest BCUT2D eigenvalue weighted by molar-refractivity contribution is 5.92. The number of rotatable bonds is 7. The van der Waals surface area contributed by atoms with E-state index in [4.69, 9.17) is 0 Å². The van der Waals surface area contributed by atoms with Gasteiger partial charge in [0, 0.05) is 13.1 Å². The SMILES string of the molecule is CCCCc1ccc(C(NC(=O)c2ccc(=O)n(C)n2)C(C)C)cc1. The number of hydrogen-bond acceptors (Lipinski definition) is 3. The van der Waals surface area contributed by atoms with Crippen LogP contribution in [0.25, 0.3) is 0 Å². The molecule has 134 valence electrons. The lowest BCUT2D eigenvalue weighted by molar-refractivity contribution is 0.0918. The van der Waals surface area contributed by atoms with Crippen molar-refractivity contribution in [3.63, 3.8) is 0 Å². The normalized spacial score (nSPS) is 12.2. The molecule has 0 spiro atoms. The summed E-state index contributed by atoms with van der Waals surface area (Å²) in [6.07, 6.45) is 3.44. The van der Waals surface area contributed by atoms with Crippen LogP contribution in [0.4, 0.5) is 0 Å². The van der Waals surface area contributed by atoms with E-state index in [-0.39, 0.29) is 29.1 Å². The molecule has 25 heavy (non-hydrogen) atoms. The lowest BCUT2D eigenvalue weighted by Crippen LogP contribution is -2.33. The minimum atomic E-state index is -0.274. The Kier molecular flexibility index (Phi) is 6.51. The maximum Gasteiger partial charge on any atom is 0.272 e. The Morgan fingerprint density at radius 2 is 1.84 bits per heavy atom. The van der Waals surface area contributed by atoms with E-state index in [0.29, 0.717) is 0 Å². The number of nitrogens with zero attached hydrogens (tertiary/aromatic N) is 2. The molecule has 1 unspecified atom stereocenters. The first kappa shape index (κ1) is 18.9. The van der Waals surface area contributed by atoms with Gasteiger partial charge in [-0.3, -0.25) is 9.59 Å². The van der Waals surface area contributed by atoms with Gasteiger partial charge in [0.15, 0.2) is 0 Å². The Hall–Kier alpha value is -2.43. The first-order chi connectivity index (χ1) is 11.9. The number of unbranched alkanes of at least 4 members (excludes halogenated alkanes) is 1. The van der Waals surface area contributed by atoms with Crippen molar-refractivity contribution < 1.29 is 4.79 Å². The maximum absolute atomic E-state index is 12.5. The van der Waals surface area contributed by atoms with Gasteiger partial charge in [-0.25, -0.2) is 4.68 Å². The third-order valence-corrected chi connectivity index (χ3v) is 4.30. The largest absolute Gasteiger partial charge is 0.344 e. The molecule has 0 aliphatic heterocycles. The Morgan fingerprint density at radius 3 is 2.40 bits per heavy atom. The van der Waals surface area contributed by atoms with Crippen LogP contribution in [0.1, 0.15) is 61.3 Å². The van der Waals surface area contributed by atoms with E-state index in [9.17, 15) is 9.59 Å². The van der Waals surface area contributed by atoms with Crippen molar-refractivity contribution in [2.75, 3.05) is 0 Å². The molecule has 5 nitrogen and oxygen atoms in total. The first-order valence-corrected chi connectivity index (χ1v) is 8.86. The van der Waals surface area contributed by atoms with Gasteiger partial charge in [0.25, 0.3) is 11.5 Å². The molecule has 0 radical (unpaired) electrons. The van der Waals surface area contributed by atoms with E-state index in [1.165, 1.54) is 42.3 Å². The zero-order valence-corrected chi connectivity index (χ0v) is 15.5. The van der Waals surface area contributed by atoms with Gasteiger partial charge >= 0.3 is 0 Å². The molecule has 0 aliphatic carbocycles. The molecule has 5 heteroatoms. The number of carbonyl (C=O) groups excluding carboxylic acids is 1. The fourth-order valence-corrected chi connectivity index (χ4v) is 2.75. The number of nitrogens with one attached hydrogen (secondary N) is 1. The van der Waals surface area contributed by atoms with Gasteiger partial charge in [-0.2, -0.15) is 5.10 Å². The molecule has 2 aromatic rings. The van der Waals surface area contributed by atoms with Gasteiger partial charge < -0.3 is 5.32 Å². The van der Waals surface area contributed by atoms with Crippen LogP contribution >= 0.6 is 0 Å². The first-order valence-electron chi connectivity index (χ1n) is 8.86. The maximum atomic E-state index is 12.5. The number of amides is 1. The zero-order chi connectivity index (χ0) is 18.4.